The van der Waals surface area contributed by atoms with E-state index >= 15 is 0 Å². The maximum atomic E-state index is 12.9. The lowest BCUT2D eigenvalue weighted by molar-refractivity contribution is 0.0523. The number of ether oxygens (including phenoxy) is 3. The number of pyridine rings is 1. The van der Waals surface area contributed by atoms with Crippen molar-refractivity contribution < 1.29 is 19.0 Å². The second-order valence-corrected chi connectivity index (χ2v) is 9.70. The second-order valence-electron chi connectivity index (χ2n) is 9.70. The van der Waals surface area contributed by atoms with Gasteiger partial charge in [0.2, 0.25) is 0 Å². The lowest BCUT2D eigenvalue weighted by Gasteiger charge is -2.39. The van der Waals surface area contributed by atoms with E-state index in [0.29, 0.717) is 24.7 Å². The van der Waals surface area contributed by atoms with Gasteiger partial charge in [-0.05, 0) is 55.7 Å². The fourth-order valence-electron chi connectivity index (χ4n) is 4.40. The van der Waals surface area contributed by atoms with E-state index < -0.39 is 5.97 Å². The third-order valence-electron chi connectivity index (χ3n) is 6.23. The van der Waals surface area contributed by atoms with E-state index in [2.05, 4.69) is 31.1 Å². The van der Waals surface area contributed by atoms with E-state index in [-0.39, 0.29) is 29.1 Å². The number of nitrogens with zero attached hydrogens (tertiary/aromatic N) is 3. The van der Waals surface area contributed by atoms with Crippen LogP contribution in [-0.2, 0) is 11.2 Å². The largest absolute Gasteiger partial charge is 0.493 e. The Morgan fingerprint density at radius 2 is 1.94 bits per heavy atom. The van der Waals surface area contributed by atoms with E-state index in [4.69, 9.17) is 20.1 Å². The van der Waals surface area contributed by atoms with Crippen LogP contribution in [0.1, 0.15) is 68.9 Å². The highest BCUT2D eigenvalue weighted by Gasteiger charge is 2.34. The molecule has 0 saturated heterocycles. The van der Waals surface area contributed by atoms with Gasteiger partial charge >= 0.3 is 5.97 Å². The molecule has 0 aliphatic carbocycles. The Hall–Kier alpha value is -3.36. The molecule has 9 nitrogen and oxygen atoms in total. The molecule has 1 aliphatic rings. The Kier molecular flexibility index (Phi) is 8.53. The molecule has 2 heterocycles. The first-order valence-electron chi connectivity index (χ1n) is 12.0. The standard InChI is InChI=1S/C26H36N4O5/c1-6-34-25(32)19-16-30-20(15-21(19)31)18-14-22(33-5)23(35-11-9-7-8-10-28-29-27)12-17(18)13-24(30)26(2,3)4/h12,14-16,24H,6-11,13H2,1-5H3,(H2,27,28). The maximum absolute atomic E-state index is 12.9. The topological polar surface area (TPSA) is 118 Å². The molecule has 0 bridgehead atoms. The number of hydrogen-bond acceptors (Lipinski definition) is 7. The van der Waals surface area contributed by atoms with Crippen LogP contribution in [-0.4, -0.2) is 37.4 Å². The van der Waals surface area contributed by atoms with Gasteiger partial charge in [0, 0.05) is 23.9 Å². The van der Waals surface area contributed by atoms with Crippen molar-refractivity contribution >= 4 is 5.97 Å². The number of hydrogen-bond donors (Lipinski definition) is 1. The van der Waals surface area contributed by atoms with Crippen molar-refractivity contribution in [2.75, 3.05) is 26.9 Å². The Bertz CT molecular complexity index is 1130. The van der Waals surface area contributed by atoms with Crippen LogP contribution in [0.3, 0.4) is 0 Å². The van der Waals surface area contributed by atoms with Crippen molar-refractivity contribution in [3.63, 3.8) is 0 Å². The zero-order chi connectivity index (χ0) is 25.6. The molecule has 1 aromatic heterocycles. The average Bonchev–Trinajstić information content (AvgIpc) is 2.81. The monoisotopic (exact) mass is 484 g/mol. The summed E-state index contributed by atoms with van der Waals surface area (Å²) in [5.74, 6) is 5.70. The van der Waals surface area contributed by atoms with Gasteiger partial charge in [-0.2, -0.15) is 5.11 Å². The normalized spacial score (nSPS) is 14.9. The van der Waals surface area contributed by atoms with Crippen molar-refractivity contribution in [1.82, 2.24) is 4.57 Å². The number of aromatic nitrogens is 1. The lowest BCUT2D eigenvalue weighted by Crippen LogP contribution is -2.33. The smallest absolute Gasteiger partial charge is 0.343 e. The Labute approximate surface area is 206 Å². The molecule has 0 saturated carbocycles. The molecular weight excluding hydrogens is 448 g/mol. The van der Waals surface area contributed by atoms with Crippen LogP contribution >= 0.6 is 0 Å². The van der Waals surface area contributed by atoms with E-state index in [1.807, 2.05) is 16.7 Å². The number of methoxy groups -OCH3 is 1. The fraction of sp³-hybridized carbons (Fsp3) is 0.538. The van der Waals surface area contributed by atoms with Gasteiger partial charge in [0.15, 0.2) is 16.9 Å². The predicted molar refractivity (Wildman–Crippen MR) is 134 cm³/mol. The zero-order valence-electron chi connectivity index (χ0n) is 21.3. The Morgan fingerprint density at radius 1 is 1.17 bits per heavy atom. The number of unbranched alkanes of at least 4 members (excludes halogenated alkanes) is 2. The van der Waals surface area contributed by atoms with Gasteiger partial charge in [-0.3, -0.25) is 4.79 Å². The Balaban J connectivity index is 1.96. The molecule has 0 spiro atoms. The quantitative estimate of drug-likeness (QED) is 0.171. The summed E-state index contributed by atoms with van der Waals surface area (Å²) in [7, 11) is 1.60. The lowest BCUT2D eigenvalue weighted by atomic mass is 9.78. The molecule has 1 aliphatic heterocycles. The van der Waals surface area contributed by atoms with Crippen molar-refractivity contribution in [3.8, 4) is 22.8 Å². The molecule has 35 heavy (non-hydrogen) atoms. The highest BCUT2D eigenvalue weighted by atomic mass is 16.5. The summed E-state index contributed by atoms with van der Waals surface area (Å²) in [6.07, 6.45) is 5.10. The van der Waals surface area contributed by atoms with E-state index in [1.165, 1.54) is 6.07 Å². The molecular formula is C26H36N4O5. The minimum atomic E-state index is -0.598. The SMILES string of the molecule is CCOC(=O)c1cn2c(cc1=O)-c1cc(OC)c(OCCCCCN=NN)cc1CC2C(C)(C)C. The maximum Gasteiger partial charge on any atom is 0.343 e. The molecule has 9 heteroatoms. The molecule has 1 unspecified atom stereocenters. The van der Waals surface area contributed by atoms with Crippen LogP contribution in [0.25, 0.3) is 11.3 Å². The number of benzene rings is 1. The van der Waals surface area contributed by atoms with Gasteiger partial charge in [0.05, 0.1) is 32.6 Å². The number of rotatable bonds is 10. The number of nitrogens with two attached hydrogens (primary N) is 1. The van der Waals surface area contributed by atoms with Crippen molar-refractivity contribution in [2.24, 2.45) is 21.6 Å². The molecule has 0 radical (unpaired) electrons. The van der Waals surface area contributed by atoms with Crippen LogP contribution in [0.2, 0.25) is 0 Å². The number of fused-ring (bicyclic) bond motifs is 3. The van der Waals surface area contributed by atoms with Gasteiger partial charge in [-0.15, -0.1) is 0 Å². The molecule has 2 aromatic rings. The number of esters is 1. The van der Waals surface area contributed by atoms with Crippen LogP contribution in [0.4, 0.5) is 0 Å². The van der Waals surface area contributed by atoms with Crippen molar-refractivity contribution in [1.29, 1.82) is 0 Å². The zero-order valence-corrected chi connectivity index (χ0v) is 21.3. The molecule has 0 fully saturated rings. The van der Waals surface area contributed by atoms with Crippen molar-refractivity contribution in [3.05, 3.63) is 45.7 Å². The van der Waals surface area contributed by atoms with Gasteiger partial charge in [-0.25, -0.2) is 4.79 Å². The Morgan fingerprint density at radius 3 is 2.60 bits per heavy atom. The van der Waals surface area contributed by atoms with E-state index in [1.54, 1.807) is 20.2 Å². The summed E-state index contributed by atoms with van der Waals surface area (Å²) < 4.78 is 18.9. The summed E-state index contributed by atoms with van der Waals surface area (Å²) in [5.41, 5.74) is 2.29. The summed E-state index contributed by atoms with van der Waals surface area (Å²) in [6, 6.07) is 5.49. The first kappa shape index (κ1) is 26.2. The minimum absolute atomic E-state index is 0.0248. The third kappa shape index (κ3) is 6.01. The van der Waals surface area contributed by atoms with E-state index in [0.717, 1.165) is 42.5 Å². The second kappa shape index (κ2) is 11.4. The predicted octanol–water partition coefficient (Wildman–Crippen LogP) is 4.72. The first-order valence-corrected chi connectivity index (χ1v) is 12.0. The van der Waals surface area contributed by atoms with Crippen LogP contribution in [0.15, 0.2) is 39.5 Å². The van der Waals surface area contributed by atoms with Gasteiger partial charge in [0.1, 0.15) is 5.56 Å². The van der Waals surface area contributed by atoms with E-state index in [9.17, 15) is 9.59 Å². The molecule has 1 atom stereocenters. The van der Waals surface area contributed by atoms with Gasteiger partial charge in [0.25, 0.3) is 0 Å². The highest BCUT2D eigenvalue weighted by Crippen LogP contribution is 2.45. The van der Waals surface area contributed by atoms with Crippen molar-refractivity contribution in [2.45, 2.75) is 59.4 Å². The summed E-state index contributed by atoms with van der Waals surface area (Å²) in [5, 5.41) is 7.03. The summed E-state index contributed by atoms with van der Waals surface area (Å²) >= 11 is 0. The van der Waals surface area contributed by atoms with Crippen LogP contribution in [0, 0.1) is 5.41 Å². The van der Waals surface area contributed by atoms with Crippen LogP contribution in [0.5, 0.6) is 11.5 Å². The molecule has 0 amide bonds. The van der Waals surface area contributed by atoms with Gasteiger partial charge in [-0.1, -0.05) is 26.0 Å². The average molecular weight is 485 g/mol. The molecule has 190 valence electrons. The fourth-order valence-corrected chi connectivity index (χ4v) is 4.40. The number of carbonyl (C=O) groups is 1. The minimum Gasteiger partial charge on any atom is -0.493 e. The molecule has 2 N–H and O–H groups in total. The first-order chi connectivity index (χ1) is 16.7. The highest BCUT2D eigenvalue weighted by molar-refractivity contribution is 5.89. The third-order valence-corrected chi connectivity index (χ3v) is 6.23. The summed E-state index contributed by atoms with van der Waals surface area (Å²) in [4.78, 5) is 25.3. The molecule has 3 rings (SSSR count). The summed E-state index contributed by atoms with van der Waals surface area (Å²) in [6.45, 7) is 9.56. The van der Waals surface area contributed by atoms with Crippen LogP contribution < -0.4 is 20.7 Å². The van der Waals surface area contributed by atoms with Gasteiger partial charge < -0.3 is 24.6 Å². The molecule has 1 aromatic carbocycles. The number of carbonyl (C=O) groups excluding carboxylic acids is 1.